The summed E-state index contributed by atoms with van der Waals surface area (Å²) in [5, 5.41) is 28.4. The highest BCUT2D eigenvalue weighted by molar-refractivity contribution is 5.57. The minimum absolute atomic E-state index is 0.0469. The molecular weight excluding hydrogens is 342 g/mol. The minimum Gasteiger partial charge on any atom is -0.192 e. The second-order valence-corrected chi connectivity index (χ2v) is 7.04. The topological polar surface area (TPSA) is 71.4 Å². The summed E-state index contributed by atoms with van der Waals surface area (Å²) in [5.41, 5.74) is 5.69. The van der Waals surface area contributed by atoms with Crippen LogP contribution >= 0.6 is 0 Å². The largest absolute Gasteiger partial charge is 0.192 e. The lowest BCUT2D eigenvalue weighted by Crippen LogP contribution is -2.17. The van der Waals surface area contributed by atoms with Crippen LogP contribution in [0.3, 0.4) is 0 Å². The maximum atomic E-state index is 9.67. The van der Waals surface area contributed by atoms with Crippen LogP contribution in [0.25, 0.3) is 0 Å². The van der Waals surface area contributed by atoms with Crippen LogP contribution in [0, 0.1) is 34.0 Å². The molecule has 4 rings (SSSR count). The Morgan fingerprint density at radius 1 is 0.571 bits per heavy atom. The van der Waals surface area contributed by atoms with Gasteiger partial charge in [-0.25, -0.2) is 0 Å². The molecule has 0 bridgehead atoms. The highest BCUT2D eigenvalue weighted by atomic mass is 14.4. The zero-order valence-electron chi connectivity index (χ0n) is 15.3. The molecule has 0 amide bonds. The van der Waals surface area contributed by atoms with E-state index in [0.717, 1.165) is 18.4 Å². The molecule has 28 heavy (non-hydrogen) atoms. The molecule has 0 saturated carbocycles. The molecule has 3 aromatic rings. The fourth-order valence-corrected chi connectivity index (χ4v) is 4.33. The molecule has 0 saturated heterocycles. The monoisotopic (exact) mass is 359 g/mol. The first-order valence-electron chi connectivity index (χ1n) is 9.28. The van der Waals surface area contributed by atoms with Crippen LogP contribution in [-0.4, -0.2) is 0 Å². The van der Waals surface area contributed by atoms with Gasteiger partial charge in [-0.3, -0.25) is 0 Å². The molecule has 0 spiro atoms. The first-order valence-corrected chi connectivity index (χ1v) is 9.28. The van der Waals surface area contributed by atoms with Gasteiger partial charge in [-0.2, -0.15) is 15.8 Å². The summed E-state index contributed by atoms with van der Waals surface area (Å²) in [6, 6.07) is 28.5. The Hall–Kier alpha value is -3.87. The molecule has 0 fully saturated rings. The van der Waals surface area contributed by atoms with Crippen molar-refractivity contribution in [1.29, 1.82) is 15.8 Å². The van der Waals surface area contributed by atoms with E-state index < -0.39 is 0 Å². The maximum Gasteiger partial charge on any atom is 0.101 e. The molecule has 1 aliphatic carbocycles. The third kappa shape index (κ3) is 2.92. The normalized spacial score (nSPS) is 17.6. The summed E-state index contributed by atoms with van der Waals surface area (Å²) in [4.78, 5) is 0. The van der Waals surface area contributed by atoms with E-state index in [2.05, 4.69) is 54.6 Å². The van der Waals surface area contributed by atoms with Crippen molar-refractivity contribution < 1.29 is 0 Å². The molecule has 0 aromatic heterocycles. The van der Waals surface area contributed by atoms with Gasteiger partial charge in [-0.15, -0.1) is 0 Å². The van der Waals surface area contributed by atoms with E-state index in [0.29, 0.717) is 17.0 Å². The van der Waals surface area contributed by atoms with Gasteiger partial charge in [0.25, 0.3) is 0 Å². The predicted octanol–water partition coefficient (Wildman–Crippen LogP) is 5.36. The van der Waals surface area contributed by atoms with Gasteiger partial charge in [0, 0.05) is 11.8 Å². The molecule has 132 valence electrons. The summed E-state index contributed by atoms with van der Waals surface area (Å²) < 4.78 is 0. The van der Waals surface area contributed by atoms with Crippen LogP contribution in [-0.2, 0) is 0 Å². The van der Waals surface area contributed by atoms with Crippen molar-refractivity contribution in [2.45, 2.75) is 24.7 Å². The fourth-order valence-electron chi connectivity index (χ4n) is 4.33. The molecule has 0 N–H and O–H groups in total. The quantitative estimate of drug-likeness (QED) is 0.618. The first kappa shape index (κ1) is 17.5. The van der Waals surface area contributed by atoms with Crippen LogP contribution in [0.5, 0.6) is 0 Å². The number of nitrogens with zero attached hydrogens (tertiary/aromatic N) is 3. The number of benzene rings is 3. The molecule has 3 aromatic carbocycles. The lowest BCUT2D eigenvalue weighted by atomic mass is 9.71. The molecule has 3 nitrogen and oxygen atoms in total. The molecule has 3 heteroatoms. The third-order valence-electron chi connectivity index (χ3n) is 5.62. The standard InChI is InChI=1S/C25H17N3/c26-14-18-12-20(16-28)25(13-19(18)15-27)24-11-10-21(17-6-2-1-3-7-17)22-8-4-5-9-23(22)24/h1-9,12-13,21,24H,10-11H2/t21-,24+/m1/s1. The van der Waals surface area contributed by atoms with Gasteiger partial charge in [-0.1, -0.05) is 54.6 Å². The van der Waals surface area contributed by atoms with Crippen LogP contribution in [0.2, 0.25) is 0 Å². The number of hydrogen-bond donors (Lipinski definition) is 0. The van der Waals surface area contributed by atoms with E-state index in [4.69, 9.17) is 0 Å². The van der Waals surface area contributed by atoms with E-state index in [1.165, 1.54) is 16.7 Å². The van der Waals surface area contributed by atoms with Gasteiger partial charge in [-0.05, 0) is 47.2 Å². The molecule has 2 atom stereocenters. The van der Waals surface area contributed by atoms with Gasteiger partial charge in [0.2, 0.25) is 0 Å². The van der Waals surface area contributed by atoms with E-state index in [1.807, 2.05) is 18.2 Å². The number of fused-ring (bicyclic) bond motifs is 1. The number of hydrogen-bond acceptors (Lipinski definition) is 3. The summed E-state index contributed by atoms with van der Waals surface area (Å²) in [5.74, 6) is 0.374. The van der Waals surface area contributed by atoms with Crippen molar-refractivity contribution in [3.63, 3.8) is 0 Å². The predicted molar refractivity (Wildman–Crippen MR) is 106 cm³/mol. The van der Waals surface area contributed by atoms with Gasteiger partial charge < -0.3 is 0 Å². The Balaban J connectivity index is 1.86. The summed E-state index contributed by atoms with van der Waals surface area (Å²) in [7, 11) is 0. The highest BCUT2D eigenvalue weighted by Gasteiger charge is 2.30. The lowest BCUT2D eigenvalue weighted by molar-refractivity contribution is 0.564. The Bertz CT molecular complexity index is 1160. The minimum atomic E-state index is 0.0469. The van der Waals surface area contributed by atoms with Crippen LogP contribution < -0.4 is 0 Å². The molecule has 0 aliphatic heterocycles. The van der Waals surface area contributed by atoms with Crippen LogP contribution in [0.1, 0.15) is 63.6 Å². The van der Waals surface area contributed by atoms with E-state index in [1.54, 1.807) is 12.1 Å². The van der Waals surface area contributed by atoms with Crippen LogP contribution in [0.15, 0.2) is 66.7 Å². The maximum absolute atomic E-state index is 9.67. The Morgan fingerprint density at radius 3 is 1.75 bits per heavy atom. The van der Waals surface area contributed by atoms with E-state index in [-0.39, 0.29) is 11.5 Å². The molecular formula is C25H17N3. The first-order chi connectivity index (χ1) is 13.8. The number of nitriles is 3. The average Bonchev–Trinajstić information content (AvgIpc) is 2.78. The van der Waals surface area contributed by atoms with Gasteiger partial charge >= 0.3 is 0 Å². The fraction of sp³-hybridized carbons (Fsp3) is 0.160. The Labute approximate surface area is 164 Å². The molecule has 0 unspecified atom stereocenters. The smallest absolute Gasteiger partial charge is 0.101 e. The van der Waals surface area contributed by atoms with Crippen molar-refractivity contribution in [1.82, 2.24) is 0 Å². The second kappa shape index (κ2) is 7.40. The Morgan fingerprint density at radius 2 is 1.11 bits per heavy atom. The Kier molecular flexibility index (Phi) is 4.63. The summed E-state index contributed by atoms with van der Waals surface area (Å²) >= 11 is 0. The molecule has 0 heterocycles. The number of rotatable bonds is 2. The molecule has 0 radical (unpaired) electrons. The highest BCUT2D eigenvalue weighted by Crippen LogP contribution is 2.45. The van der Waals surface area contributed by atoms with Crippen molar-refractivity contribution in [3.05, 3.63) is 106 Å². The van der Waals surface area contributed by atoms with E-state index in [9.17, 15) is 15.8 Å². The van der Waals surface area contributed by atoms with Gasteiger partial charge in [0.05, 0.1) is 22.8 Å². The van der Waals surface area contributed by atoms with Gasteiger partial charge in [0.1, 0.15) is 12.1 Å². The van der Waals surface area contributed by atoms with Crippen molar-refractivity contribution in [3.8, 4) is 18.2 Å². The zero-order valence-corrected chi connectivity index (χ0v) is 15.3. The SMILES string of the molecule is N#Cc1cc(C#N)c([C@H]2CC[C@H](c3ccccc3)c3ccccc32)cc1C#N. The van der Waals surface area contributed by atoms with Gasteiger partial charge in [0.15, 0.2) is 0 Å². The second-order valence-electron chi connectivity index (χ2n) is 7.04. The lowest BCUT2D eigenvalue weighted by Gasteiger charge is -2.33. The van der Waals surface area contributed by atoms with E-state index >= 15 is 0 Å². The molecule has 1 aliphatic rings. The van der Waals surface area contributed by atoms with Crippen molar-refractivity contribution >= 4 is 0 Å². The van der Waals surface area contributed by atoms with Crippen LogP contribution in [0.4, 0.5) is 0 Å². The third-order valence-corrected chi connectivity index (χ3v) is 5.62. The summed E-state index contributed by atoms with van der Waals surface area (Å²) in [6.45, 7) is 0. The van der Waals surface area contributed by atoms with Crippen molar-refractivity contribution in [2.75, 3.05) is 0 Å². The zero-order chi connectivity index (χ0) is 19.5. The average molecular weight is 359 g/mol. The van der Waals surface area contributed by atoms with Crippen molar-refractivity contribution in [2.24, 2.45) is 0 Å². The summed E-state index contributed by atoms with van der Waals surface area (Å²) in [6.07, 6.45) is 1.86.